The lowest BCUT2D eigenvalue weighted by Crippen LogP contribution is -2.41. The summed E-state index contributed by atoms with van der Waals surface area (Å²) in [7, 11) is 2.72. The quantitative estimate of drug-likeness (QED) is 0.409. The maximum Gasteiger partial charge on any atom is 0.573 e. The van der Waals surface area contributed by atoms with E-state index in [4.69, 9.17) is 9.84 Å². The van der Waals surface area contributed by atoms with E-state index in [9.17, 15) is 32.7 Å². The number of aliphatic carboxylic acids is 1. The number of halogens is 3. The third-order valence-electron chi connectivity index (χ3n) is 5.05. The summed E-state index contributed by atoms with van der Waals surface area (Å²) in [6, 6.07) is 9.57. The van der Waals surface area contributed by atoms with E-state index in [1.165, 1.54) is 56.8 Å². The zero-order valence-corrected chi connectivity index (χ0v) is 19.6. The Hall–Kier alpha value is -4.68. The zero-order chi connectivity index (χ0) is 27.3. The average Bonchev–Trinajstić information content (AvgIpc) is 2.82. The number of aromatic hydroxyl groups is 1. The molecule has 0 spiro atoms. The monoisotopic (exact) mass is 521 g/mol. The summed E-state index contributed by atoms with van der Waals surface area (Å²) >= 11 is 0. The van der Waals surface area contributed by atoms with Crippen LogP contribution >= 0.6 is 0 Å². The van der Waals surface area contributed by atoms with Gasteiger partial charge in [0.2, 0.25) is 0 Å². The molecule has 0 bridgehead atoms. The summed E-state index contributed by atoms with van der Waals surface area (Å²) in [5, 5.41) is 21.8. The third-order valence-corrected chi connectivity index (χ3v) is 5.05. The number of rotatable bonds is 8. The number of carboxylic acids is 1. The Labute approximate surface area is 208 Å². The molecular weight excluding hydrogens is 499 g/mol. The molecule has 0 unspecified atom stereocenters. The minimum atomic E-state index is -4.91. The van der Waals surface area contributed by atoms with Crippen molar-refractivity contribution in [1.29, 1.82) is 0 Å². The number of ether oxygens (including phenoxy) is 2. The van der Waals surface area contributed by atoms with Crippen LogP contribution in [0.4, 0.5) is 29.3 Å². The second-order valence-corrected chi connectivity index (χ2v) is 7.67. The van der Waals surface area contributed by atoms with Gasteiger partial charge in [-0.3, -0.25) is 14.5 Å². The van der Waals surface area contributed by atoms with Crippen molar-refractivity contribution in [2.45, 2.75) is 12.8 Å². The number of carbonyl (C=O) groups is 2. The first kappa shape index (κ1) is 26.9. The van der Waals surface area contributed by atoms with Gasteiger partial charge in [0.1, 0.15) is 17.2 Å². The van der Waals surface area contributed by atoms with E-state index in [0.29, 0.717) is 0 Å². The van der Waals surface area contributed by atoms with Crippen molar-refractivity contribution >= 4 is 23.4 Å². The van der Waals surface area contributed by atoms with Crippen molar-refractivity contribution in [1.82, 2.24) is 9.88 Å². The van der Waals surface area contributed by atoms with Gasteiger partial charge in [-0.2, -0.15) is 0 Å². The van der Waals surface area contributed by atoms with Crippen LogP contribution in [0.1, 0.15) is 6.42 Å². The summed E-state index contributed by atoms with van der Waals surface area (Å²) < 4.78 is 48.5. The van der Waals surface area contributed by atoms with Crippen molar-refractivity contribution in [2.24, 2.45) is 7.05 Å². The van der Waals surface area contributed by atoms with Gasteiger partial charge in [-0.15, -0.1) is 13.2 Å². The number of carbonyl (C=O) groups excluding carboxylic acids is 1. The molecule has 0 fully saturated rings. The van der Waals surface area contributed by atoms with Gasteiger partial charge >= 0.3 is 18.4 Å². The van der Waals surface area contributed by atoms with E-state index < -0.39 is 47.5 Å². The number of aryl methyl sites for hydroxylation is 1. The number of anilines is 2. The fourth-order valence-corrected chi connectivity index (χ4v) is 3.39. The number of nitrogens with one attached hydrogen (secondary N) is 1. The van der Waals surface area contributed by atoms with E-state index in [1.807, 2.05) is 0 Å². The molecule has 37 heavy (non-hydrogen) atoms. The van der Waals surface area contributed by atoms with E-state index in [2.05, 4.69) is 10.1 Å². The summed E-state index contributed by atoms with van der Waals surface area (Å²) in [5.74, 6) is -2.02. The molecule has 0 aliphatic carbocycles. The number of benzene rings is 2. The molecule has 3 rings (SSSR count). The summed E-state index contributed by atoms with van der Waals surface area (Å²) in [4.78, 5) is 37.8. The number of amides is 2. The molecule has 0 saturated heterocycles. The normalized spacial score (nSPS) is 11.1. The van der Waals surface area contributed by atoms with E-state index in [0.717, 1.165) is 21.6 Å². The molecule has 3 N–H and O–H groups in total. The highest BCUT2D eigenvalue weighted by molar-refractivity contribution is 6.01. The first-order chi connectivity index (χ1) is 17.4. The molecular formula is C24H22F3N3O7. The van der Waals surface area contributed by atoms with Crippen molar-refractivity contribution in [2.75, 3.05) is 18.6 Å². The van der Waals surface area contributed by atoms with Crippen LogP contribution in [0, 0.1) is 0 Å². The number of hydrogen-bond donors (Lipinski definition) is 3. The Morgan fingerprint density at radius 2 is 1.78 bits per heavy atom. The van der Waals surface area contributed by atoms with Crippen LogP contribution < -0.4 is 25.2 Å². The molecule has 2 amide bonds. The van der Waals surface area contributed by atoms with Gasteiger partial charge in [-0.1, -0.05) is 12.1 Å². The highest BCUT2D eigenvalue weighted by Gasteiger charge is 2.31. The first-order valence-corrected chi connectivity index (χ1v) is 10.6. The van der Waals surface area contributed by atoms with E-state index in [1.54, 1.807) is 0 Å². The number of nitrogens with zero attached hydrogens (tertiary/aromatic N) is 2. The van der Waals surface area contributed by atoms with Crippen LogP contribution in [0.15, 0.2) is 59.5 Å². The van der Waals surface area contributed by atoms with Crippen LogP contribution in [0.3, 0.4) is 0 Å². The predicted octanol–water partition coefficient (Wildman–Crippen LogP) is 3.99. The van der Waals surface area contributed by atoms with Gasteiger partial charge in [0.25, 0.3) is 5.56 Å². The number of pyridine rings is 1. The number of methoxy groups -OCH3 is 1. The minimum Gasteiger partial charge on any atom is -0.505 e. The molecule has 0 aliphatic rings. The van der Waals surface area contributed by atoms with E-state index >= 15 is 0 Å². The number of aromatic nitrogens is 1. The molecule has 10 nitrogen and oxygen atoms in total. The fourth-order valence-electron chi connectivity index (χ4n) is 3.39. The van der Waals surface area contributed by atoms with Gasteiger partial charge in [-0.25, -0.2) is 4.79 Å². The number of carboxylic acid groups (broad SMARTS) is 1. The molecule has 0 atom stereocenters. The molecule has 1 aromatic heterocycles. The Bertz CT molecular complexity index is 1370. The fraction of sp³-hybridized carbons (Fsp3) is 0.208. The van der Waals surface area contributed by atoms with Gasteiger partial charge in [0.05, 0.1) is 19.2 Å². The Morgan fingerprint density at radius 3 is 2.43 bits per heavy atom. The molecule has 13 heteroatoms. The second-order valence-electron chi connectivity index (χ2n) is 7.67. The third kappa shape index (κ3) is 6.72. The van der Waals surface area contributed by atoms with Crippen molar-refractivity contribution in [3.8, 4) is 28.4 Å². The molecule has 1 heterocycles. The molecule has 2 aromatic carbocycles. The Morgan fingerprint density at radius 1 is 1.08 bits per heavy atom. The van der Waals surface area contributed by atoms with Gasteiger partial charge in [-0.05, 0) is 41.5 Å². The maximum atomic E-state index is 13.2. The maximum absolute atomic E-state index is 13.2. The highest BCUT2D eigenvalue weighted by atomic mass is 19.4. The molecule has 0 saturated carbocycles. The summed E-state index contributed by atoms with van der Waals surface area (Å²) in [6.07, 6.45) is -4.04. The van der Waals surface area contributed by atoms with Crippen molar-refractivity contribution in [3.63, 3.8) is 0 Å². The Balaban J connectivity index is 2.17. The predicted molar refractivity (Wildman–Crippen MR) is 126 cm³/mol. The van der Waals surface area contributed by atoms with Gasteiger partial charge in [0, 0.05) is 25.9 Å². The van der Waals surface area contributed by atoms with Gasteiger partial charge in [0.15, 0.2) is 5.69 Å². The lowest BCUT2D eigenvalue weighted by Gasteiger charge is -2.25. The average molecular weight is 521 g/mol. The topological polar surface area (TPSA) is 130 Å². The van der Waals surface area contributed by atoms with Crippen LogP contribution in [-0.4, -0.2) is 46.8 Å². The smallest absolute Gasteiger partial charge is 0.505 e. The standard InChI is InChI=1S/C24H22F3N3O7/c1-29-9-7-19(31)21(22(29)34)30(23(35)28-8-6-20(32)33)16-10-15(12-18(13-16)36-2)14-4-3-5-17(11-14)37-24(25,26)27/h3-5,7,9-13,31H,6,8H2,1-2H3,(H,28,35)(H,32,33). The number of alkyl halides is 3. The molecule has 3 aromatic rings. The molecule has 0 aliphatic heterocycles. The second kappa shape index (κ2) is 10.9. The highest BCUT2D eigenvalue weighted by Crippen LogP contribution is 2.37. The lowest BCUT2D eigenvalue weighted by atomic mass is 10.0. The Kier molecular flexibility index (Phi) is 7.95. The largest absolute Gasteiger partial charge is 0.573 e. The zero-order valence-electron chi connectivity index (χ0n) is 19.6. The number of hydrogen-bond acceptors (Lipinski definition) is 6. The minimum absolute atomic E-state index is 0.00270. The van der Waals surface area contributed by atoms with E-state index in [-0.39, 0.29) is 29.1 Å². The number of urea groups is 1. The first-order valence-electron chi connectivity index (χ1n) is 10.6. The van der Waals surface area contributed by atoms with Gasteiger partial charge < -0.3 is 29.6 Å². The van der Waals surface area contributed by atoms with Crippen LogP contribution in [-0.2, 0) is 11.8 Å². The molecule has 196 valence electrons. The van der Waals surface area contributed by atoms with Crippen LogP contribution in [0.25, 0.3) is 11.1 Å². The van der Waals surface area contributed by atoms with Crippen LogP contribution in [0.2, 0.25) is 0 Å². The molecule has 0 radical (unpaired) electrons. The van der Waals surface area contributed by atoms with Crippen molar-refractivity contribution in [3.05, 3.63) is 65.1 Å². The van der Waals surface area contributed by atoms with Crippen molar-refractivity contribution < 1.29 is 42.4 Å². The SMILES string of the molecule is COc1cc(-c2cccc(OC(F)(F)F)c2)cc(N(C(=O)NCCC(=O)O)c2c(O)ccn(C)c2=O)c1. The summed E-state index contributed by atoms with van der Waals surface area (Å²) in [6.45, 7) is -0.285. The lowest BCUT2D eigenvalue weighted by molar-refractivity contribution is -0.274. The van der Waals surface area contributed by atoms with Crippen LogP contribution in [0.5, 0.6) is 17.2 Å². The summed E-state index contributed by atoms with van der Waals surface area (Å²) in [5.41, 5.74) is -0.636.